The van der Waals surface area contributed by atoms with E-state index in [1.165, 1.54) is 22.3 Å². The topological polar surface area (TPSA) is 71.7 Å². The lowest BCUT2D eigenvalue weighted by Gasteiger charge is -2.20. The highest BCUT2D eigenvalue weighted by atomic mass is 16.5. The van der Waals surface area contributed by atoms with Crippen molar-refractivity contribution in [2.75, 3.05) is 26.2 Å². The Labute approximate surface area is 125 Å². The molecule has 2 aliphatic heterocycles. The third kappa shape index (κ3) is 3.43. The molecule has 0 atom stereocenters. The van der Waals surface area contributed by atoms with Crippen LogP contribution in [-0.4, -0.2) is 32.2 Å². The van der Waals surface area contributed by atoms with Gasteiger partial charge in [0.2, 0.25) is 0 Å². The highest BCUT2D eigenvalue weighted by Crippen LogP contribution is 2.23. The molecule has 0 aliphatic carbocycles. The molecular weight excluding hydrogens is 264 g/mol. The molecule has 0 radical (unpaired) electrons. The second-order valence-electron chi connectivity index (χ2n) is 5.33. The number of ether oxygens (including phenoxy) is 1. The van der Waals surface area contributed by atoms with E-state index in [0.717, 1.165) is 38.6 Å². The normalized spacial score (nSPS) is 17.4. The fourth-order valence-corrected chi connectivity index (χ4v) is 2.56. The molecule has 4 N–H and O–H groups in total. The Balaban J connectivity index is 1.64. The van der Waals surface area contributed by atoms with Gasteiger partial charge in [-0.25, -0.2) is 4.99 Å². The fourth-order valence-electron chi connectivity index (χ4n) is 2.56. The SMILES string of the molecule is NCCCNC1=NCC(c2ccc3c(c2)CCOC3)=CN1. The monoisotopic (exact) mass is 286 g/mol. The predicted octanol–water partition coefficient (Wildman–Crippen LogP) is 0.998. The van der Waals surface area contributed by atoms with Crippen molar-refractivity contribution in [1.29, 1.82) is 0 Å². The molecule has 0 aromatic heterocycles. The lowest BCUT2D eigenvalue weighted by Crippen LogP contribution is -2.37. The van der Waals surface area contributed by atoms with Crippen molar-refractivity contribution in [2.45, 2.75) is 19.4 Å². The van der Waals surface area contributed by atoms with Crippen LogP contribution in [0, 0.1) is 0 Å². The van der Waals surface area contributed by atoms with Gasteiger partial charge in [-0.3, -0.25) is 0 Å². The first-order valence-electron chi connectivity index (χ1n) is 7.51. The number of hydrogen-bond donors (Lipinski definition) is 3. The molecule has 2 heterocycles. The minimum absolute atomic E-state index is 0.695. The zero-order chi connectivity index (χ0) is 14.5. The van der Waals surface area contributed by atoms with E-state index in [0.29, 0.717) is 13.1 Å². The molecular formula is C16H22N4O. The van der Waals surface area contributed by atoms with Gasteiger partial charge in [0.1, 0.15) is 0 Å². The Hall–Kier alpha value is -1.85. The fraction of sp³-hybridized carbons (Fsp3) is 0.438. The summed E-state index contributed by atoms with van der Waals surface area (Å²) in [5, 5.41) is 6.46. The van der Waals surface area contributed by atoms with Gasteiger partial charge in [-0.15, -0.1) is 0 Å². The number of nitrogens with one attached hydrogen (secondary N) is 2. The maximum Gasteiger partial charge on any atom is 0.195 e. The Morgan fingerprint density at radius 3 is 3.10 bits per heavy atom. The van der Waals surface area contributed by atoms with Crippen LogP contribution in [0.2, 0.25) is 0 Å². The van der Waals surface area contributed by atoms with Crippen LogP contribution in [-0.2, 0) is 17.8 Å². The van der Waals surface area contributed by atoms with Crippen LogP contribution in [0.4, 0.5) is 0 Å². The van der Waals surface area contributed by atoms with Crippen molar-refractivity contribution < 1.29 is 4.74 Å². The molecule has 1 aromatic carbocycles. The van der Waals surface area contributed by atoms with Gasteiger partial charge in [0, 0.05) is 12.7 Å². The summed E-state index contributed by atoms with van der Waals surface area (Å²) >= 11 is 0. The van der Waals surface area contributed by atoms with Gasteiger partial charge in [-0.05, 0) is 41.6 Å². The van der Waals surface area contributed by atoms with Crippen LogP contribution < -0.4 is 16.4 Å². The maximum atomic E-state index is 5.48. The van der Waals surface area contributed by atoms with Crippen LogP contribution >= 0.6 is 0 Å². The summed E-state index contributed by atoms with van der Waals surface area (Å²) in [7, 11) is 0. The molecule has 0 unspecified atom stereocenters. The van der Waals surface area contributed by atoms with Gasteiger partial charge in [0.15, 0.2) is 5.96 Å². The second kappa shape index (κ2) is 6.74. The van der Waals surface area contributed by atoms with E-state index in [1.54, 1.807) is 0 Å². The average Bonchev–Trinajstić information content (AvgIpc) is 2.55. The summed E-state index contributed by atoms with van der Waals surface area (Å²) in [6.07, 6.45) is 3.99. The van der Waals surface area contributed by atoms with Crippen molar-refractivity contribution in [2.24, 2.45) is 10.7 Å². The van der Waals surface area contributed by atoms with Gasteiger partial charge in [0.05, 0.1) is 19.8 Å². The van der Waals surface area contributed by atoms with Gasteiger partial charge in [0.25, 0.3) is 0 Å². The summed E-state index contributed by atoms with van der Waals surface area (Å²) in [4.78, 5) is 4.53. The summed E-state index contributed by atoms with van der Waals surface area (Å²) in [5.74, 6) is 0.832. The first kappa shape index (κ1) is 14.1. The van der Waals surface area contributed by atoms with Crippen LogP contribution in [0.5, 0.6) is 0 Å². The molecule has 3 rings (SSSR count). The van der Waals surface area contributed by atoms with Crippen LogP contribution in [0.1, 0.15) is 23.1 Å². The Bertz CT molecular complexity index is 565. The van der Waals surface area contributed by atoms with Crippen molar-refractivity contribution in [1.82, 2.24) is 10.6 Å². The zero-order valence-electron chi connectivity index (χ0n) is 12.2. The van der Waals surface area contributed by atoms with E-state index in [4.69, 9.17) is 10.5 Å². The molecule has 21 heavy (non-hydrogen) atoms. The molecule has 5 nitrogen and oxygen atoms in total. The van der Waals surface area contributed by atoms with Crippen molar-refractivity contribution >= 4 is 11.5 Å². The second-order valence-corrected chi connectivity index (χ2v) is 5.33. The van der Waals surface area contributed by atoms with Crippen LogP contribution in [0.15, 0.2) is 29.4 Å². The lowest BCUT2D eigenvalue weighted by molar-refractivity contribution is 0.111. The quantitative estimate of drug-likeness (QED) is 0.722. The smallest absolute Gasteiger partial charge is 0.195 e. The molecule has 0 fully saturated rings. The molecule has 0 saturated heterocycles. The molecule has 0 spiro atoms. The number of benzene rings is 1. The molecule has 112 valence electrons. The Kier molecular flexibility index (Phi) is 4.52. The largest absolute Gasteiger partial charge is 0.376 e. The summed E-state index contributed by atoms with van der Waals surface area (Å²) in [6.45, 7) is 3.80. The molecule has 5 heteroatoms. The number of aliphatic imine (C=N–C) groups is 1. The van der Waals surface area contributed by atoms with E-state index < -0.39 is 0 Å². The number of guanidine groups is 1. The first-order valence-corrected chi connectivity index (χ1v) is 7.51. The molecule has 0 amide bonds. The third-order valence-electron chi connectivity index (χ3n) is 3.81. The highest BCUT2D eigenvalue weighted by Gasteiger charge is 2.13. The van der Waals surface area contributed by atoms with E-state index in [-0.39, 0.29) is 0 Å². The molecule has 2 aliphatic rings. The average molecular weight is 286 g/mol. The van der Waals surface area contributed by atoms with Crippen molar-refractivity contribution in [3.05, 3.63) is 41.1 Å². The molecule has 0 saturated carbocycles. The zero-order valence-corrected chi connectivity index (χ0v) is 12.2. The van der Waals surface area contributed by atoms with Crippen LogP contribution in [0.3, 0.4) is 0 Å². The third-order valence-corrected chi connectivity index (χ3v) is 3.81. The van der Waals surface area contributed by atoms with Gasteiger partial charge >= 0.3 is 0 Å². The predicted molar refractivity (Wildman–Crippen MR) is 84.9 cm³/mol. The minimum atomic E-state index is 0.695. The molecule has 1 aromatic rings. The number of rotatable bonds is 4. The van der Waals surface area contributed by atoms with E-state index in [9.17, 15) is 0 Å². The maximum absolute atomic E-state index is 5.48. The van der Waals surface area contributed by atoms with Crippen molar-refractivity contribution in [3.63, 3.8) is 0 Å². The minimum Gasteiger partial charge on any atom is -0.376 e. The van der Waals surface area contributed by atoms with Crippen molar-refractivity contribution in [3.8, 4) is 0 Å². The molecule has 0 bridgehead atoms. The van der Waals surface area contributed by atoms with E-state index >= 15 is 0 Å². The summed E-state index contributed by atoms with van der Waals surface area (Å²) in [6, 6.07) is 6.60. The van der Waals surface area contributed by atoms with Gasteiger partial charge < -0.3 is 21.1 Å². The van der Waals surface area contributed by atoms with E-state index in [1.807, 2.05) is 6.20 Å². The number of fused-ring (bicyclic) bond motifs is 1. The Morgan fingerprint density at radius 1 is 1.33 bits per heavy atom. The van der Waals surface area contributed by atoms with Crippen LogP contribution in [0.25, 0.3) is 5.57 Å². The first-order chi connectivity index (χ1) is 10.4. The number of hydrogen-bond acceptors (Lipinski definition) is 5. The lowest BCUT2D eigenvalue weighted by atomic mass is 9.97. The highest BCUT2D eigenvalue weighted by molar-refractivity contribution is 5.86. The summed E-state index contributed by atoms with van der Waals surface area (Å²) in [5.41, 5.74) is 10.6. The Morgan fingerprint density at radius 2 is 2.29 bits per heavy atom. The number of nitrogens with two attached hydrogens (primary N) is 1. The van der Waals surface area contributed by atoms with E-state index in [2.05, 4.69) is 33.8 Å². The standard InChI is InChI=1S/C16H22N4O/c17-5-1-6-18-16-19-9-15(10-20-16)12-2-3-14-11-21-7-4-13(14)8-12/h2-3,8-9H,1,4-7,10-11,17H2,(H2,18,19,20). The summed E-state index contributed by atoms with van der Waals surface area (Å²) < 4.78 is 5.48. The van der Waals surface area contributed by atoms with Gasteiger partial charge in [-0.1, -0.05) is 18.2 Å². The number of nitrogens with zero attached hydrogens (tertiary/aromatic N) is 1. The van der Waals surface area contributed by atoms with Gasteiger partial charge in [-0.2, -0.15) is 0 Å².